The largest absolute Gasteiger partial charge is 0.302 e. The predicted octanol–water partition coefficient (Wildman–Crippen LogP) is 3.47. The first-order chi connectivity index (χ1) is 9.40. The van der Waals surface area contributed by atoms with E-state index in [9.17, 15) is 0 Å². The summed E-state index contributed by atoms with van der Waals surface area (Å²) in [4.78, 5) is 5.52. The summed E-state index contributed by atoms with van der Waals surface area (Å²) in [5.74, 6) is 1.35. The summed E-state index contributed by atoms with van der Waals surface area (Å²) >= 11 is 1.99. The van der Waals surface area contributed by atoms with E-state index in [0.717, 1.165) is 6.04 Å². The summed E-state index contributed by atoms with van der Waals surface area (Å²) in [5, 5.41) is 0. The first-order valence-corrected chi connectivity index (χ1v) is 9.75. The molecule has 0 aromatic rings. The van der Waals surface area contributed by atoms with Crippen LogP contribution in [0.5, 0.6) is 0 Å². The molecule has 2 aliphatic heterocycles. The van der Waals surface area contributed by atoms with Crippen molar-refractivity contribution in [3.05, 3.63) is 0 Å². The highest BCUT2D eigenvalue weighted by Gasteiger charge is 2.26. The number of hydrogen-bond donors (Lipinski definition) is 0. The van der Waals surface area contributed by atoms with Gasteiger partial charge in [0.05, 0.1) is 0 Å². The standard InChI is InChI=1S/C16H32N2S/c1-19-14-7-3-2-5-10-17-11-8-13-18-12-6-4-9-16(18)15-17/h16H,2-15H2,1H3. The van der Waals surface area contributed by atoms with Gasteiger partial charge in [0.1, 0.15) is 0 Å². The molecule has 0 aromatic carbocycles. The van der Waals surface area contributed by atoms with Crippen LogP contribution in [0.4, 0.5) is 0 Å². The third kappa shape index (κ3) is 5.65. The van der Waals surface area contributed by atoms with E-state index in [2.05, 4.69) is 16.1 Å². The second-order valence-corrected chi connectivity index (χ2v) is 7.23. The molecule has 0 radical (unpaired) electrons. The Labute approximate surface area is 124 Å². The van der Waals surface area contributed by atoms with Gasteiger partial charge >= 0.3 is 0 Å². The van der Waals surface area contributed by atoms with Crippen molar-refractivity contribution in [3.63, 3.8) is 0 Å². The Morgan fingerprint density at radius 2 is 1.79 bits per heavy atom. The van der Waals surface area contributed by atoms with Crippen LogP contribution in [0.1, 0.15) is 51.4 Å². The molecule has 2 fully saturated rings. The van der Waals surface area contributed by atoms with Crippen molar-refractivity contribution in [3.8, 4) is 0 Å². The molecule has 3 heteroatoms. The highest BCUT2D eigenvalue weighted by molar-refractivity contribution is 7.98. The molecule has 112 valence electrons. The summed E-state index contributed by atoms with van der Waals surface area (Å²) in [6, 6.07) is 0.882. The molecule has 1 atom stereocenters. The Balaban J connectivity index is 1.60. The Bertz CT molecular complexity index is 235. The molecule has 2 aliphatic rings. The van der Waals surface area contributed by atoms with E-state index < -0.39 is 0 Å². The number of nitrogens with zero attached hydrogens (tertiary/aromatic N) is 2. The van der Waals surface area contributed by atoms with Gasteiger partial charge in [0.2, 0.25) is 0 Å². The zero-order chi connectivity index (χ0) is 13.3. The fraction of sp³-hybridized carbons (Fsp3) is 1.00. The maximum absolute atomic E-state index is 2.77. The Morgan fingerprint density at radius 3 is 2.68 bits per heavy atom. The van der Waals surface area contributed by atoms with Crippen molar-refractivity contribution < 1.29 is 0 Å². The topological polar surface area (TPSA) is 6.48 Å². The number of hydrogen-bond acceptors (Lipinski definition) is 3. The van der Waals surface area contributed by atoms with Crippen molar-refractivity contribution in [2.75, 3.05) is 44.7 Å². The van der Waals surface area contributed by atoms with Gasteiger partial charge in [0.25, 0.3) is 0 Å². The minimum Gasteiger partial charge on any atom is -0.302 e. The van der Waals surface area contributed by atoms with Crippen molar-refractivity contribution in [2.45, 2.75) is 57.4 Å². The zero-order valence-corrected chi connectivity index (χ0v) is 13.6. The van der Waals surface area contributed by atoms with Crippen molar-refractivity contribution >= 4 is 11.8 Å². The van der Waals surface area contributed by atoms with E-state index in [1.165, 1.54) is 89.8 Å². The highest BCUT2D eigenvalue weighted by atomic mass is 32.2. The van der Waals surface area contributed by atoms with Gasteiger partial charge < -0.3 is 4.90 Å². The monoisotopic (exact) mass is 284 g/mol. The molecule has 2 heterocycles. The van der Waals surface area contributed by atoms with E-state index in [-0.39, 0.29) is 0 Å². The highest BCUT2D eigenvalue weighted by Crippen LogP contribution is 2.21. The van der Waals surface area contributed by atoms with Crippen molar-refractivity contribution in [2.24, 2.45) is 0 Å². The summed E-state index contributed by atoms with van der Waals surface area (Å²) < 4.78 is 0. The quantitative estimate of drug-likeness (QED) is 0.661. The smallest absolute Gasteiger partial charge is 0.0223 e. The van der Waals surface area contributed by atoms with Crippen LogP contribution in [0.3, 0.4) is 0 Å². The molecule has 0 amide bonds. The average molecular weight is 285 g/mol. The lowest BCUT2D eigenvalue weighted by Crippen LogP contribution is -2.44. The van der Waals surface area contributed by atoms with Crippen LogP contribution in [0, 0.1) is 0 Å². The van der Waals surface area contributed by atoms with Gasteiger partial charge in [0, 0.05) is 12.6 Å². The molecule has 19 heavy (non-hydrogen) atoms. The minimum absolute atomic E-state index is 0.882. The summed E-state index contributed by atoms with van der Waals surface area (Å²) in [7, 11) is 0. The summed E-state index contributed by atoms with van der Waals surface area (Å²) in [6.07, 6.45) is 13.7. The lowest BCUT2D eigenvalue weighted by molar-refractivity contribution is 0.136. The first kappa shape index (κ1) is 15.7. The Hall–Kier alpha value is 0.270. The van der Waals surface area contributed by atoms with Crippen molar-refractivity contribution in [1.29, 1.82) is 0 Å². The van der Waals surface area contributed by atoms with E-state index >= 15 is 0 Å². The zero-order valence-electron chi connectivity index (χ0n) is 12.8. The number of unbranched alkanes of at least 4 members (excludes halogenated alkanes) is 3. The van der Waals surface area contributed by atoms with Crippen LogP contribution < -0.4 is 0 Å². The van der Waals surface area contributed by atoms with E-state index in [1.54, 1.807) is 0 Å². The lowest BCUT2D eigenvalue weighted by Gasteiger charge is -2.35. The van der Waals surface area contributed by atoms with Crippen molar-refractivity contribution in [1.82, 2.24) is 9.80 Å². The Kier molecular flexibility index (Phi) is 7.62. The second-order valence-electron chi connectivity index (χ2n) is 6.25. The van der Waals surface area contributed by atoms with Crippen LogP contribution in [0.25, 0.3) is 0 Å². The fourth-order valence-electron chi connectivity index (χ4n) is 3.59. The molecule has 1 unspecified atom stereocenters. The third-order valence-electron chi connectivity index (χ3n) is 4.71. The molecular weight excluding hydrogens is 252 g/mol. The normalized spacial score (nSPS) is 26.1. The molecule has 0 aromatic heterocycles. The number of piperidine rings is 1. The van der Waals surface area contributed by atoms with Crippen LogP contribution in [0.15, 0.2) is 0 Å². The maximum Gasteiger partial charge on any atom is 0.0223 e. The van der Waals surface area contributed by atoms with Gasteiger partial charge in [-0.3, -0.25) is 4.90 Å². The lowest BCUT2D eigenvalue weighted by atomic mass is 10.0. The third-order valence-corrected chi connectivity index (χ3v) is 5.41. The predicted molar refractivity (Wildman–Crippen MR) is 87.1 cm³/mol. The van der Waals surface area contributed by atoms with E-state index in [4.69, 9.17) is 0 Å². The average Bonchev–Trinajstić information content (AvgIpc) is 2.64. The first-order valence-electron chi connectivity index (χ1n) is 8.35. The Morgan fingerprint density at radius 1 is 0.947 bits per heavy atom. The molecule has 2 saturated heterocycles. The molecule has 0 saturated carbocycles. The number of fused-ring (bicyclic) bond motifs is 1. The van der Waals surface area contributed by atoms with E-state index in [1.807, 2.05) is 11.8 Å². The van der Waals surface area contributed by atoms with Crippen LogP contribution in [-0.4, -0.2) is 60.6 Å². The second kappa shape index (κ2) is 9.25. The SMILES string of the molecule is CSCCCCCCN1CCCN2CCCCC2C1. The van der Waals surface area contributed by atoms with E-state index in [0.29, 0.717) is 0 Å². The summed E-state index contributed by atoms with van der Waals surface area (Å²) in [5.41, 5.74) is 0. The van der Waals surface area contributed by atoms with Gasteiger partial charge in [-0.05, 0) is 70.3 Å². The molecule has 0 aliphatic carbocycles. The van der Waals surface area contributed by atoms with Gasteiger partial charge in [-0.25, -0.2) is 0 Å². The maximum atomic E-state index is 2.77. The van der Waals surface area contributed by atoms with Crippen LogP contribution in [-0.2, 0) is 0 Å². The molecular formula is C16H32N2S. The molecule has 0 N–H and O–H groups in total. The van der Waals surface area contributed by atoms with Gasteiger partial charge in [-0.15, -0.1) is 0 Å². The van der Waals surface area contributed by atoms with Gasteiger partial charge in [0.15, 0.2) is 0 Å². The molecule has 0 spiro atoms. The minimum atomic E-state index is 0.882. The number of rotatable bonds is 7. The van der Waals surface area contributed by atoms with Crippen LogP contribution in [0.2, 0.25) is 0 Å². The number of thioether (sulfide) groups is 1. The summed E-state index contributed by atoms with van der Waals surface area (Å²) in [6.45, 7) is 6.77. The van der Waals surface area contributed by atoms with Gasteiger partial charge in [-0.2, -0.15) is 11.8 Å². The van der Waals surface area contributed by atoms with Gasteiger partial charge in [-0.1, -0.05) is 19.3 Å². The molecule has 0 bridgehead atoms. The molecule has 2 rings (SSSR count). The fourth-order valence-corrected chi connectivity index (χ4v) is 4.08. The molecule has 2 nitrogen and oxygen atoms in total. The van der Waals surface area contributed by atoms with Crippen LogP contribution >= 0.6 is 11.8 Å².